The Hall–Kier alpha value is -0.780. The zero-order valence-corrected chi connectivity index (χ0v) is 13.5. The molecule has 0 unspecified atom stereocenters. The summed E-state index contributed by atoms with van der Waals surface area (Å²) < 4.78 is 0. The average Bonchev–Trinajstić information content (AvgIpc) is 2.49. The summed E-state index contributed by atoms with van der Waals surface area (Å²) in [5.74, 6) is 2.04. The van der Waals surface area contributed by atoms with E-state index in [-0.39, 0.29) is 0 Å². The van der Waals surface area contributed by atoms with Gasteiger partial charge in [-0.2, -0.15) is 0 Å². The Morgan fingerprint density at radius 1 is 0.700 bits per heavy atom. The van der Waals surface area contributed by atoms with Crippen LogP contribution in [-0.4, -0.2) is 0 Å². The predicted molar refractivity (Wildman–Crippen MR) is 89.1 cm³/mol. The third-order valence-corrected chi connectivity index (χ3v) is 5.07. The van der Waals surface area contributed by atoms with Crippen LogP contribution in [0.15, 0.2) is 24.3 Å². The summed E-state index contributed by atoms with van der Waals surface area (Å²) in [6.07, 6.45) is 14.0. The molecule has 0 heteroatoms. The number of aryl methyl sites for hydroxylation is 2. The number of benzene rings is 1. The van der Waals surface area contributed by atoms with E-state index in [0.29, 0.717) is 0 Å². The summed E-state index contributed by atoms with van der Waals surface area (Å²) in [6.45, 7) is 4.58. The standard InChI is InChI=1S/C20H32/c1-3-5-17-7-11-19(12-8-17)15-16-20-13-9-18(6-4-2)10-14-20/h7-8,11-12,18,20H,3-6,9-10,13-16H2,1-2H3/t18-,20-. The molecule has 0 radical (unpaired) electrons. The van der Waals surface area contributed by atoms with Crippen LogP contribution in [0, 0.1) is 11.8 Å². The van der Waals surface area contributed by atoms with Crippen LogP contribution in [0.3, 0.4) is 0 Å². The van der Waals surface area contributed by atoms with Crippen LogP contribution in [0.4, 0.5) is 0 Å². The molecule has 20 heavy (non-hydrogen) atoms. The van der Waals surface area contributed by atoms with Crippen molar-refractivity contribution in [2.24, 2.45) is 11.8 Å². The van der Waals surface area contributed by atoms with E-state index < -0.39 is 0 Å². The predicted octanol–water partition coefficient (Wildman–Crippen LogP) is 6.18. The molecule has 1 aliphatic carbocycles. The fraction of sp³-hybridized carbons (Fsp3) is 0.700. The Morgan fingerprint density at radius 3 is 1.70 bits per heavy atom. The number of hydrogen-bond donors (Lipinski definition) is 0. The molecule has 0 N–H and O–H groups in total. The van der Waals surface area contributed by atoms with Crippen molar-refractivity contribution in [3.63, 3.8) is 0 Å². The highest BCUT2D eigenvalue weighted by atomic mass is 14.3. The van der Waals surface area contributed by atoms with E-state index in [2.05, 4.69) is 38.1 Å². The molecule has 0 saturated heterocycles. The molecule has 0 bridgehead atoms. The zero-order valence-electron chi connectivity index (χ0n) is 13.5. The quantitative estimate of drug-likeness (QED) is 0.556. The molecule has 1 fully saturated rings. The van der Waals surface area contributed by atoms with Gasteiger partial charge in [0.2, 0.25) is 0 Å². The average molecular weight is 272 g/mol. The van der Waals surface area contributed by atoms with Gasteiger partial charge >= 0.3 is 0 Å². The maximum absolute atomic E-state index is 2.35. The lowest BCUT2D eigenvalue weighted by molar-refractivity contribution is 0.252. The molecule has 0 heterocycles. The molecule has 0 atom stereocenters. The van der Waals surface area contributed by atoms with E-state index in [1.54, 1.807) is 5.56 Å². The summed E-state index contributed by atoms with van der Waals surface area (Å²) >= 11 is 0. The van der Waals surface area contributed by atoms with Crippen LogP contribution in [0.2, 0.25) is 0 Å². The SMILES string of the molecule is CCCc1ccc(CC[C@H]2CC[C@H](CCC)CC2)cc1. The second-order valence-electron chi connectivity index (χ2n) is 6.78. The second kappa shape index (κ2) is 8.49. The Labute approximate surface area is 126 Å². The van der Waals surface area contributed by atoms with Crippen molar-refractivity contribution in [1.82, 2.24) is 0 Å². The van der Waals surface area contributed by atoms with E-state index in [0.717, 1.165) is 11.8 Å². The molecule has 1 aromatic rings. The normalized spacial score (nSPS) is 22.9. The Bertz CT molecular complexity index is 354. The van der Waals surface area contributed by atoms with Crippen LogP contribution >= 0.6 is 0 Å². The summed E-state index contributed by atoms with van der Waals surface area (Å²) in [6, 6.07) is 9.37. The molecule has 1 aliphatic rings. The fourth-order valence-corrected chi connectivity index (χ4v) is 3.75. The van der Waals surface area contributed by atoms with Crippen LogP contribution < -0.4 is 0 Å². The maximum atomic E-state index is 2.35. The summed E-state index contributed by atoms with van der Waals surface area (Å²) in [4.78, 5) is 0. The van der Waals surface area contributed by atoms with Gasteiger partial charge in [0, 0.05) is 0 Å². The fourth-order valence-electron chi connectivity index (χ4n) is 3.75. The van der Waals surface area contributed by atoms with E-state index in [4.69, 9.17) is 0 Å². The molecule has 1 aromatic carbocycles. The van der Waals surface area contributed by atoms with Crippen molar-refractivity contribution >= 4 is 0 Å². The van der Waals surface area contributed by atoms with Crippen LogP contribution in [-0.2, 0) is 12.8 Å². The third kappa shape index (κ3) is 4.96. The largest absolute Gasteiger partial charge is 0.0654 e. The molecular weight excluding hydrogens is 240 g/mol. The van der Waals surface area contributed by atoms with Gasteiger partial charge in [-0.15, -0.1) is 0 Å². The van der Waals surface area contributed by atoms with Gasteiger partial charge in [-0.1, -0.05) is 83.1 Å². The van der Waals surface area contributed by atoms with Crippen LogP contribution in [0.5, 0.6) is 0 Å². The van der Waals surface area contributed by atoms with Crippen molar-refractivity contribution in [3.8, 4) is 0 Å². The Morgan fingerprint density at radius 2 is 1.20 bits per heavy atom. The Kier molecular flexibility index (Phi) is 6.63. The lowest BCUT2D eigenvalue weighted by atomic mass is 9.78. The minimum atomic E-state index is 0.999. The minimum Gasteiger partial charge on any atom is -0.0654 e. The highest BCUT2D eigenvalue weighted by Crippen LogP contribution is 2.33. The maximum Gasteiger partial charge on any atom is -0.0276 e. The van der Waals surface area contributed by atoms with Gasteiger partial charge < -0.3 is 0 Å². The molecule has 0 nitrogen and oxygen atoms in total. The van der Waals surface area contributed by atoms with Gasteiger partial charge in [0.1, 0.15) is 0 Å². The van der Waals surface area contributed by atoms with E-state index in [1.165, 1.54) is 69.8 Å². The summed E-state index contributed by atoms with van der Waals surface area (Å²) in [5, 5.41) is 0. The van der Waals surface area contributed by atoms with Gasteiger partial charge in [0.05, 0.1) is 0 Å². The lowest BCUT2D eigenvalue weighted by Crippen LogP contribution is -2.15. The first-order valence-electron chi connectivity index (χ1n) is 8.89. The monoisotopic (exact) mass is 272 g/mol. The van der Waals surface area contributed by atoms with Crippen molar-refractivity contribution in [2.75, 3.05) is 0 Å². The minimum absolute atomic E-state index is 0.999. The van der Waals surface area contributed by atoms with Crippen molar-refractivity contribution in [1.29, 1.82) is 0 Å². The third-order valence-electron chi connectivity index (χ3n) is 5.07. The van der Waals surface area contributed by atoms with Gasteiger partial charge in [0.15, 0.2) is 0 Å². The van der Waals surface area contributed by atoms with Gasteiger partial charge in [-0.05, 0) is 42.2 Å². The zero-order chi connectivity index (χ0) is 14.2. The molecular formula is C20H32. The van der Waals surface area contributed by atoms with E-state index in [1.807, 2.05) is 0 Å². The van der Waals surface area contributed by atoms with Gasteiger partial charge in [-0.3, -0.25) is 0 Å². The number of rotatable bonds is 7. The van der Waals surface area contributed by atoms with Gasteiger partial charge in [-0.25, -0.2) is 0 Å². The summed E-state index contributed by atoms with van der Waals surface area (Å²) in [7, 11) is 0. The molecule has 1 saturated carbocycles. The topological polar surface area (TPSA) is 0 Å². The first-order chi connectivity index (χ1) is 9.81. The Balaban J connectivity index is 1.70. The van der Waals surface area contributed by atoms with Crippen molar-refractivity contribution in [3.05, 3.63) is 35.4 Å². The molecule has 112 valence electrons. The molecule has 0 aliphatic heterocycles. The molecule has 2 rings (SSSR count). The summed E-state index contributed by atoms with van der Waals surface area (Å²) in [5.41, 5.74) is 3.04. The van der Waals surface area contributed by atoms with Crippen molar-refractivity contribution < 1.29 is 0 Å². The highest BCUT2D eigenvalue weighted by molar-refractivity contribution is 5.22. The first-order valence-corrected chi connectivity index (χ1v) is 8.89. The number of hydrogen-bond acceptors (Lipinski definition) is 0. The first kappa shape index (κ1) is 15.6. The van der Waals surface area contributed by atoms with Crippen LogP contribution in [0.1, 0.15) is 76.3 Å². The highest BCUT2D eigenvalue weighted by Gasteiger charge is 2.20. The smallest absolute Gasteiger partial charge is 0.0276 e. The van der Waals surface area contributed by atoms with E-state index in [9.17, 15) is 0 Å². The van der Waals surface area contributed by atoms with Gasteiger partial charge in [0.25, 0.3) is 0 Å². The second-order valence-corrected chi connectivity index (χ2v) is 6.78. The van der Waals surface area contributed by atoms with E-state index >= 15 is 0 Å². The van der Waals surface area contributed by atoms with Crippen molar-refractivity contribution in [2.45, 2.75) is 78.1 Å². The molecule has 0 amide bonds. The van der Waals surface area contributed by atoms with Crippen LogP contribution in [0.25, 0.3) is 0 Å². The molecule has 0 aromatic heterocycles. The molecule has 0 spiro atoms. The lowest BCUT2D eigenvalue weighted by Gasteiger charge is -2.28.